The Kier molecular flexibility index (Phi) is 3.68. The predicted molar refractivity (Wildman–Crippen MR) is 107 cm³/mol. The first kappa shape index (κ1) is 15.5. The summed E-state index contributed by atoms with van der Waals surface area (Å²) in [7, 11) is 0. The van der Waals surface area contributed by atoms with Crippen molar-refractivity contribution in [2.45, 2.75) is 12.5 Å². The van der Waals surface area contributed by atoms with Gasteiger partial charge in [-0.1, -0.05) is 70.5 Å². The Labute approximate surface area is 159 Å². The average Bonchev–Trinajstić information content (AvgIpc) is 3.16. The number of hydrogen-bond acceptors (Lipinski definition) is 3. The van der Waals surface area contributed by atoms with E-state index in [-0.39, 0.29) is 6.04 Å². The molecule has 26 heavy (non-hydrogen) atoms. The third kappa shape index (κ3) is 2.56. The van der Waals surface area contributed by atoms with E-state index in [0.717, 1.165) is 16.6 Å². The molecule has 0 spiro atoms. The van der Waals surface area contributed by atoms with E-state index in [9.17, 15) is 0 Å². The van der Waals surface area contributed by atoms with Gasteiger partial charge in [-0.3, -0.25) is 4.57 Å². The van der Waals surface area contributed by atoms with Crippen LogP contribution in [0.3, 0.4) is 0 Å². The Morgan fingerprint density at radius 3 is 2.62 bits per heavy atom. The van der Waals surface area contributed by atoms with Crippen molar-refractivity contribution in [3.8, 4) is 0 Å². The Morgan fingerprint density at radius 1 is 0.923 bits per heavy atom. The van der Waals surface area contributed by atoms with E-state index in [4.69, 9.17) is 4.99 Å². The Hall–Kier alpha value is -2.79. The maximum atomic E-state index is 4.82. The van der Waals surface area contributed by atoms with Crippen LogP contribution in [0.2, 0.25) is 0 Å². The second kappa shape index (κ2) is 6.18. The topological polar surface area (TPSA) is 43.1 Å². The summed E-state index contributed by atoms with van der Waals surface area (Å²) in [6.07, 6.45) is 2.58. The van der Waals surface area contributed by atoms with Crippen molar-refractivity contribution in [3.05, 3.63) is 88.7 Å². The summed E-state index contributed by atoms with van der Waals surface area (Å²) in [5, 5.41) is 10.7. The quantitative estimate of drug-likeness (QED) is 0.455. The van der Waals surface area contributed by atoms with Crippen LogP contribution in [0.25, 0.3) is 10.8 Å². The van der Waals surface area contributed by atoms with Crippen molar-refractivity contribution in [1.29, 1.82) is 0 Å². The molecule has 3 aromatic carbocycles. The standard InChI is InChI=1S/C21H15BrN4/c22-16-10-8-15(9-11-16)20-12-19(24-21-25-23-13-26(20)21)18-7-3-5-14-4-1-2-6-17(14)18/h1-11,13,20H,12H2. The molecule has 0 saturated carbocycles. The van der Waals surface area contributed by atoms with Crippen molar-refractivity contribution in [3.63, 3.8) is 0 Å². The van der Waals surface area contributed by atoms with Crippen LogP contribution in [0.15, 0.2) is 82.5 Å². The van der Waals surface area contributed by atoms with Gasteiger partial charge >= 0.3 is 0 Å². The van der Waals surface area contributed by atoms with E-state index in [0.29, 0.717) is 5.95 Å². The molecule has 0 radical (unpaired) electrons. The highest BCUT2D eigenvalue weighted by molar-refractivity contribution is 9.10. The summed E-state index contributed by atoms with van der Waals surface area (Å²) in [6.45, 7) is 0. The highest BCUT2D eigenvalue weighted by Gasteiger charge is 2.26. The average molecular weight is 403 g/mol. The van der Waals surface area contributed by atoms with Crippen LogP contribution in [-0.2, 0) is 0 Å². The fourth-order valence-corrected chi connectivity index (χ4v) is 3.86. The zero-order chi connectivity index (χ0) is 17.5. The number of benzene rings is 3. The third-order valence-electron chi connectivity index (χ3n) is 4.87. The molecule has 5 heteroatoms. The first-order valence-electron chi connectivity index (χ1n) is 8.50. The molecule has 0 fully saturated rings. The molecule has 2 heterocycles. The lowest BCUT2D eigenvalue weighted by molar-refractivity contribution is 0.594. The zero-order valence-electron chi connectivity index (χ0n) is 13.9. The van der Waals surface area contributed by atoms with E-state index in [2.05, 4.69) is 97.4 Å². The summed E-state index contributed by atoms with van der Waals surface area (Å²) in [5.41, 5.74) is 3.44. The number of aliphatic imine (C=N–C) groups is 1. The number of hydrogen-bond donors (Lipinski definition) is 0. The maximum Gasteiger partial charge on any atom is 0.251 e. The molecule has 0 aliphatic carbocycles. The largest absolute Gasteiger partial charge is 0.290 e. The molecule has 0 N–H and O–H groups in total. The molecule has 5 rings (SSSR count). The number of halogens is 1. The van der Waals surface area contributed by atoms with Gasteiger partial charge in [-0.2, -0.15) is 0 Å². The van der Waals surface area contributed by atoms with E-state index in [1.165, 1.54) is 21.9 Å². The molecular formula is C21H15BrN4. The first-order valence-corrected chi connectivity index (χ1v) is 9.29. The van der Waals surface area contributed by atoms with Crippen LogP contribution < -0.4 is 0 Å². The van der Waals surface area contributed by atoms with Gasteiger partial charge < -0.3 is 0 Å². The van der Waals surface area contributed by atoms with Gasteiger partial charge in [-0.15, -0.1) is 10.2 Å². The maximum absolute atomic E-state index is 4.82. The summed E-state index contributed by atoms with van der Waals surface area (Å²) >= 11 is 3.51. The number of aromatic nitrogens is 3. The molecule has 126 valence electrons. The van der Waals surface area contributed by atoms with Gasteiger partial charge in [0.2, 0.25) is 0 Å². The van der Waals surface area contributed by atoms with Crippen LogP contribution in [0.1, 0.15) is 23.6 Å². The van der Waals surface area contributed by atoms with Gasteiger partial charge in [0, 0.05) is 16.5 Å². The van der Waals surface area contributed by atoms with Gasteiger partial charge in [0.05, 0.1) is 11.8 Å². The Morgan fingerprint density at radius 2 is 1.73 bits per heavy atom. The van der Waals surface area contributed by atoms with Crippen molar-refractivity contribution in [1.82, 2.24) is 14.8 Å². The molecule has 1 aromatic heterocycles. The smallest absolute Gasteiger partial charge is 0.251 e. The number of nitrogens with zero attached hydrogens (tertiary/aromatic N) is 4. The summed E-state index contributed by atoms with van der Waals surface area (Å²) in [5.74, 6) is 0.659. The number of rotatable bonds is 2. The van der Waals surface area contributed by atoms with Crippen molar-refractivity contribution in [2.24, 2.45) is 4.99 Å². The van der Waals surface area contributed by atoms with Gasteiger partial charge in [0.15, 0.2) is 0 Å². The molecule has 4 aromatic rings. The van der Waals surface area contributed by atoms with Crippen LogP contribution in [0.4, 0.5) is 5.95 Å². The Bertz CT molecular complexity index is 1120. The SMILES string of the molecule is Brc1ccc(C2CC(c3cccc4ccccc34)=Nc3nncn32)cc1. The Balaban J connectivity index is 1.66. The first-order chi connectivity index (χ1) is 12.8. The van der Waals surface area contributed by atoms with Crippen molar-refractivity contribution >= 4 is 38.4 Å². The monoisotopic (exact) mass is 402 g/mol. The zero-order valence-corrected chi connectivity index (χ0v) is 15.5. The van der Waals surface area contributed by atoms with Gasteiger partial charge in [0.1, 0.15) is 6.33 Å². The lowest BCUT2D eigenvalue weighted by atomic mass is 9.93. The van der Waals surface area contributed by atoms with Crippen LogP contribution >= 0.6 is 15.9 Å². The predicted octanol–water partition coefficient (Wildman–Crippen LogP) is 5.31. The molecule has 0 bridgehead atoms. The summed E-state index contributed by atoms with van der Waals surface area (Å²) in [4.78, 5) is 4.82. The van der Waals surface area contributed by atoms with E-state index in [1.54, 1.807) is 6.33 Å². The molecule has 1 atom stereocenters. The minimum Gasteiger partial charge on any atom is -0.290 e. The molecule has 0 saturated heterocycles. The molecule has 1 aliphatic rings. The highest BCUT2D eigenvalue weighted by Crippen LogP contribution is 2.34. The highest BCUT2D eigenvalue weighted by atomic mass is 79.9. The minimum absolute atomic E-state index is 0.138. The molecule has 0 amide bonds. The van der Waals surface area contributed by atoms with Crippen molar-refractivity contribution < 1.29 is 0 Å². The van der Waals surface area contributed by atoms with Crippen LogP contribution in [0.5, 0.6) is 0 Å². The molecule has 4 nitrogen and oxygen atoms in total. The minimum atomic E-state index is 0.138. The third-order valence-corrected chi connectivity index (χ3v) is 5.40. The van der Waals surface area contributed by atoms with Gasteiger partial charge in [-0.05, 0) is 28.5 Å². The van der Waals surface area contributed by atoms with Crippen LogP contribution in [-0.4, -0.2) is 20.5 Å². The fourth-order valence-electron chi connectivity index (χ4n) is 3.59. The molecular weight excluding hydrogens is 388 g/mol. The van der Waals surface area contributed by atoms with E-state index in [1.807, 2.05) is 0 Å². The van der Waals surface area contributed by atoms with Crippen molar-refractivity contribution in [2.75, 3.05) is 0 Å². The van der Waals surface area contributed by atoms with E-state index < -0.39 is 0 Å². The van der Waals surface area contributed by atoms with Gasteiger partial charge in [0.25, 0.3) is 5.95 Å². The van der Waals surface area contributed by atoms with Gasteiger partial charge in [-0.25, -0.2) is 4.99 Å². The lowest BCUT2D eigenvalue weighted by Gasteiger charge is -2.25. The normalized spacial score (nSPS) is 16.3. The molecule has 1 aliphatic heterocycles. The summed E-state index contributed by atoms with van der Waals surface area (Å²) in [6, 6.07) is 23.4. The fraction of sp³-hybridized carbons (Fsp3) is 0.0952. The summed E-state index contributed by atoms with van der Waals surface area (Å²) < 4.78 is 3.13. The second-order valence-corrected chi connectivity index (χ2v) is 7.31. The second-order valence-electron chi connectivity index (χ2n) is 6.39. The van der Waals surface area contributed by atoms with Crippen LogP contribution in [0, 0.1) is 0 Å². The number of fused-ring (bicyclic) bond motifs is 2. The lowest BCUT2D eigenvalue weighted by Crippen LogP contribution is -2.20. The van der Waals surface area contributed by atoms with E-state index >= 15 is 0 Å². The molecule has 1 unspecified atom stereocenters.